The summed E-state index contributed by atoms with van der Waals surface area (Å²) >= 11 is 0. The Bertz CT molecular complexity index is 365. The highest BCUT2D eigenvalue weighted by Gasteiger charge is 2.39. The number of hydrogen-bond donors (Lipinski definition) is 2. The van der Waals surface area contributed by atoms with Gasteiger partial charge in [0.05, 0.1) is 11.9 Å². The lowest BCUT2D eigenvalue weighted by Gasteiger charge is -2.23. The highest BCUT2D eigenvalue weighted by Crippen LogP contribution is 2.45. The second kappa shape index (κ2) is 3.36. The SMILES string of the molecule is Nc1cncnc1NC1CC2CCC1C2. The van der Waals surface area contributed by atoms with Gasteiger partial charge in [-0.1, -0.05) is 6.42 Å². The van der Waals surface area contributed by atoms with Crippen molar-refractivity contribution in [2.45, 2.75) is 31.7 Å². The molecule has 1 aromatic heterocycles. The fraction of sp³-hybridized carbons (Fsp3) is 0.636. The van der Waals surface area contributed by atoms with Crippen LogP contribution in [0.1, 0.15) is 25.7 Å². The molecule has 3 atom stereocenters. The van der Waals surface area contributed by atoms with E-state index in [2.05, 4.69) is 15.3 Å². The Morgan fingerprint density at radius 2 is 2.27 bits per heavy atom. The number of rotatable bonds is 2. The van der Waals surface area contributed by atoms with E-state index in [0.29, 0.717) is 11.7 Å². The van der Waals surface area contributed by atoms with E-state index >= 15 is 0 Å². The first-order valence-electron chi connectivity index (χ1n) is 5.65. The van der Waals surface area contributed by atoms with E-state index in [1.165, 1.54) is 25.7 Å². The molecule has 4 nitrogen and oxygen atoms in total. The third kappa shape index (κ3) is 1.54. The smallest absolute Gasteiger partial charge is 0.152 e. The molecule has 0 radical (unpaired) electrons. The minimum atomic E-state index is 0.584. The molecule has 3 rings (SSSR count). The lowest BCUT2D eigenvalue weighted by molar-refractivity contribution is 0.439. The summed E-state index contributed by atoms with van der Waals surface area (Å²) in [6, 6.07) is 0.584. The summed E-state index contributed by atoms with van der Waals surface area (Å²) in [5, 5.41) is 3.46. The van der Waals surface area contributed by atoms with Crippen LogP contribution < -0.4 is 11.1 Å². The van der Waals surface area contributed by atoms with Crippen LogP contribution in [0.15, 0.2) is 12.5 Å². The summed E-state index contributed by atoms with van der Waals surface area (Å²) in [6.45, 7) is 0. The summed E-state index contributed by atoms with van der Waals surface area (Å²) in [6.07, 6.45) is 8.67. The Morgan fingerprint density at radius 1 is 1.33 bits per heavy atom. The molecule has 80 valence electrons. The number of nitrogens with one attached hydrogen (secondary N) is 1. The fourth-order valence-electron chi connectivity index (χ4n) is 3.06. The standard InChI is InChI=1S/C11H16N4/c12-9-5-13-6-14-11(9)15-10-4-7-1-2-8(10)3-7/h5-8,10H,1-4,12H2,(H,13,14,15). The Hall–Kier alpha value is -1.32. The van der Waals surface area contributed by atoms with Gasteiger partial charge >= 0.3 is 0 Å². The lowest BCUT2D eigenvalue weighted by Crippen LogP contribution is -2.26. The van der Waals surface area contributed by atoms with Gasteiger partial charge in [0.25, 0.3) is 0 Å². The monoisotopic (exact) mass is 204 g/mol. The van der Waals surface area contributed by atoms with Crippen LogP contribution in [0.25, 0.3) is 0 Å². The van der Waals surface area contributed by atoms with E-state index in [1.807, 2.05) is 0 Å². The van der Waals surface area contributed by atoms with Gasteiger partial charge in [0.15, 0.2) is 5.82 Å². The van der Waals surface area contributed by atoms with Crippen LogP contribution in [0, 0.1) is 11.8 Å². The van der Waals surface area contributed by atoms with E-state index in [9.17, 15) is 0 Å². The molecular formula is C11H16N4. The number of nitrogen functional groups attached to an aromatic ring is 1. The van der Waals surface area contributed by atoms with Crippen molar-refractivity contribution in [2.24, 2.45) is 11.8 Å². The predicted octanol–water partition coefficient (Wildman–Crippen LogP) is 1.66. The van der Waals surface area contributed by atoms with Gasteiger partial charge in [-0.05, 0) is 31.1 Å². The van der Waals surface area contributed by atoms with Crippen LogP contribution in [0.3, 0.4) is 0 Å². The molecule has 1 heterocycles. The number of anilines is 2. The Labute approximate surface area is 89.3 Å². The summed E-state index contributed by atoms with van der Waals surface area (Å²) in [5.41, 5.74) is 6.46. The Balaban J connectivity index is 1.73. The van der Waals surface area contributed by atoms with Crippen LogP contribution in [0.2, 0.25) is 0 Å². The quantitative estimate of drug-likeness (QED) is 0.769. The van der Waals surface area contributed by atoms with Gasteiger partial charge in [-0.15, -0.1) is 0 Å². The van der Waals surface area contributed by atoms with Gasteiger partial charge < -0.3 is 11.1 Å². The first-order valence-corrected chi connectivity index (χ1v) is 5.65. The van der Waals surface area contributed by atoms with Gasteiger partial charge in [-0.3, -0.25) is 0 Å². The summed E-state index contributed by atoms with van der Waals surface area (Å²) in [7, 11) is 0. The van der Waals surface area contributed by atoms with E-state index in [-0.39, 0.29) is 0 Å². The molecule has 4 heteroatoms. The maximum absolute atomic E-state index is 5.81. The normalized spacial score (nSPS) is 33.2. The largest absolute Gasteiger partial charge is 0.394 e. The van der Waals surface area contributed by atoms with Crippen molar-refractivity contribution in [3.63, 3.8) is 0 Å². The van der Waals surface area contributed by atoms with Crippen molar-refractivity contribution in [2.75, 3.05) is 11.1 Å². The number of nitrogens with zero attached hydrogens (tertiary/aromatic N) is 2. The van der Waals surface area contributed by atoms with Gasteiger partial charge in [-0.25, -0.2) is 9.97 Å². The van der Waals surface area contributed by atoms with E-state index in [1.54, 1.807) is 12.5 Å². The number of hydrogen-bond acceptors (Lipinski definition) is 4. The fourth-order valence-corrected chi connectivity index (χ4v) is 3.06. The molecule has 1 aromatic rings. The molecule has 15 heavy (non-hydrogen) atoms. The van der Waals surface area contributed by atoms with Crippen LogP contribution in [-0.2, 0) is 0 Å². The van der Waals surface area contributed by atoms with Crippen molar-refractivity contribution in [3.05, 3.63) is 12.5 Å². The molecule has 2 fully saturated rings. The number of aromatic nitrogens is 2. The molecule has 0 aliphatic heterocycles. The molecule has 2 aliphatic rings. The Morgan fingerprint density at radius 3 is 2.93 bits per heavy atom. The minimum Gasteiger partial charge on any atom is -0.394 e. The zero-order valence-corrected chi connectivity index (χ0v) is 8.69. The third-order valence-electron chi connectivity index (χ3n) is 3.80. The second-order valence-electron chi connectivity index (χ2n) is 4.75. The van der Waals surface area contributed by atoms with Gasteiger partial charge in [0.2, 0.25) is 0 Å². The summed E-state index contributed by atoms with van der Waals surface area (Å²) in [4.78, 5) is 8.07. The van der Waals surface area contributed by atoms with E-state index in [4.69, 9.17) is 5.73 Å². The van der Waals surface area contributed by atoms with Crippen molar-refractivity contribution >= 4 is 11.5 Å². The molecule has 2 saturated carbocycles. The molecule has 3 unspecified atom stereocenters. The molecule has 0 saturated heterocycles. The van der Waals surface area contributed by atoms with E-state index < -0.39 is 0 Å². The zero-order valence-electron chi connectivity index (χ0n) is 8.69. The topological polar surface area (TPSA) is 63.8 Å². The van der Waals surface area contributed by atoms with Gasteiger partial charge in [0, 0.05) is 6.04 Å². The molecule has 0 aromatic carbocycles. The van der Waals surface area contributed by atoms with Crippen LogP contribution in [0.5, 0.6) is 0 Å². The summed E-state index contributed by atoms with van der Waals surface area (Å²) < 4.78 is 0. The second-order valence-corrected chi connectivity index (χ2v) is 4.75. The van der Waals surface area contributed by atoms with Crippen molar-refractivity contribution in [1.82, 2.24) is 9.97 Å². The highest BCUT2D eigenvalue weighted by atomic mass is 15.1. The molecule has 2 bridgehead atoms. The average Bonchev–Trinajstić information content (AvgIpc) is 2.83. The first kappa shape index (κ1) is 8.95. The molecule has 2 aliphatic carbocycles. The predicted molar refractivity (Wildman–Crippen MR) is 59.3 cm³/mol. The van der Waals surface area contributed by atoms with Crippen LogP contribution >= 0.6 is 0 Å². The third-order valence-corrected chi connectivity index (χ3v) is 3.80. The lowest BCUT2D eigenvalue weighted by atomic mass is 9.95. The van der Waals surface area contributed by atoms with Crippen molar-refractivity contribution < 1.29 is 0 Å². The maximum atomic E-state index is 5.81. The van der Waals surface area contributed by atoms with Gasteiger partial charge in [0.1, 0.15) is 6.33 Å². The molecule has 0 spiro atoms. The Kier molecular flexibility index (Phi) is 2.01. The average molecular weight is 204 g/mol. The van der Waals surface area contributed by atoms with Crippen LogP contribution in [0.4, 0.5) is 11.5 Å². The number of fused-ring (bicyclic) bond motifs is 2. The molecule has 3 N–H and O–H groups in total. The van der Waals surface area contributed by atoms with Crippen molar-refractivity contribution in [1.29, 1.82) is 0 Å². The molecule has 0 amide bonds. The number of nitrogens with two attached hydrogens (primary N) is 1. The molecular weight excluding hydrogens is 188 g/mol. The maximum Gasteiger partial charge on any atom is 0.152 e. The highest BCUT2D eigenvalue weighted by molar-refractivity contribution is 5.59. The first-order chi connectivity index (χ1) is 7.33. The van der Waals surface area contributed by atoms with Crippen molar-refractivity contribution in [3.8, 4) is 0 Å². The van der Waals surface area contributed by atoms with Gasteiger partial charge in [-0.2, -0.15) is 0 Å². The minimum absolute atomic E-state index is 0.584. The van der Waals surface area contributed by atoms with Crippen LogP contribution in [-0.4, -0.2) is 16.0 Å². The van der Waals surface area contributed by atoms with E-state index in [0.717, 1.165) is 17.7 Å². The zero-order chi connectivity index (χ0) is 10.3. The summed E-state index contributed by atoms with van der Waals surface area (Å²) in [5.74, 6) is 2.59.